The molecule has 0 atom stereocenters. The van der Waals surface area contributed by atoms with E-state index in [1.165, 1.54) is 0 Å². The lowest BCUT2D eigenvalue weighted by Crippen LogP contribution is -2.25. The number of nitrogens with zero attached hydrogens (tertiary/aromatic N) is 1. The summed E-state index contributed by atoms with van der Waals surface area (Å²) in [5.74, 6) is 1.53. The van der Waals surface area contributed by atoms with Gasteiger partial charge in [-0.1, -0.05) is 18.2 Å². The van der Waals surface area contributed by atoms with Crippen molar-refractivity contribution in [2.24, 2.45) is 5.10 Å². The molecule has 0 aliphatic carbocycles. The third-order valence-electron chi connectivity index (χ3n) is 3.26. The number of carbonyl (C=O) groups is 1. The summed E-state index contributed by atoms with van der Waals surface area (Å²) in [6, 6.07) is 14.5. The van der Waals surface area contributed by atoms with Crippen LogP contribution in [0.5, 0.6) is 17.2 Å². The van der Waals surface area contributed by atoms with Gasteiger partial charge in [-0.05, 0) is 37.3 Å². The van der Waals surface area contributed by atoms with E-state index in [1.54, 1.807) is 45.4 Å². The van der Waals surface area contributed by atoms with Gasteiger partial charge in [0.15, 0.2) is 18.1 Å². The van der Waals surface area contributed by atoms with Crippen LogP contribution in [-0.4, -0.2) is 32.4 Å². The highest BCUT2D eigenvalue weighted by Crippen LogP contribution is 2.27. The molecule has 1 N–H and O–H groups in total. The summed E-state index contributed by atoms with van der Waals surface area (Å²) in [5.41, 5.74) is 3.93. The van der Waals surface area contributed by atoms with Gasteiger partial charge in [0, 0.05) is 5.56 Å². The average Bonchev–Trinajstić information content (AvgIpc) is 2.64. The first-order valence-electron chi connectivity index (χ1n) is 7.37. The Morgan fingerprint density at radius 1 is 1.04 bits per heavy atom. The summed E-state index contributed by atoms with van der Waals surface area (Å²) in [6.45, 7) is 1.69. The van der Waals surface area contributed by atoms with Gasteiger partial charge < -0.3 is 14.2 Å². The second-order valence-electron chi connectivity index (χ2n) is 4.90. The van der Waals surface area contributed by atoms with Crippen molar-refractivity contribution >= 4 is 11.6 Å². The highest BCUT2D eigenvalue weighted by molar-refractivity contribution is 5.99. The highest BCUT2D eigenvalue weighted by atomic mass is 16.5. The number of methoxy groups -OCH3 is 2. The Kier molecular flexibility index (Phi) is 6.19. The normalized spacial score (nSPS) is 10.9. The number of nitrogens with one attached hydrogen (secondary N) is 1. The van der Waals surface area contributed by atoms with Crippen molar-refractivity contribution in [2.75, 3.05) is 20.8 Å². The number of rotatable bonds is 7. The number of hydrazone groups is 1. The first kappa shape index (κ1) is 17.3. The zero-order chi connectivity index (χ0) is 17.4. The molecule has 0 aliphatic rings. The highest BCUT2D eigenvalue weighted by Gasteiger charge is 2.07. The minimum Gasteiger partial charge on any atom is -0.493 e. The van der Waals surface area contributed by atoms with Crippen LogP contribution in [0.2, 0.25) is 0 Å². The zero-order valence-electron chi connectivity index (χ0n) is 13.9. The van der Waals surface area contributed by atoms with Crippen molar-refractivity contribution in [3.63, 3.8) is 0 Å². The van der Waals surface area contributed by atoms with Crippen LogP contribution in [0.3, 0.4) is 0 Å². The molecule has 2 aromatic rings. The van der Waals surface area contributed by atoms with Gasteiger partial charge in [-0.3, -0.25) is 4.79 Å². The molecular weight excluding hydrogens is 308 g/mol. The van der Waals surface area contributed by atoms with E-state index >= 15 is 0 Å². The quantitative estimate of drug-likeness (QED) is 0.626. The molecular formula is C18H20N2O4. The van der Waals surface area contributed by atoms with Crippen LogP contribution in [0.4, 0.5) is 0 Å². The lowest BCUT2D eigenvalue weighted by Gasteiger charge is -2.09. The summed E-state index contributed by atoms with van der Waals surface area (Å²) in [7, 11) is 3.14. The first-order valence-corrected chi connectivity index (χ1v) is 7.37. The van der Waals surface area contributed by atoms with E-state index in [0.29, 0.717) is 23.0 Å². The summed E-state index contributed by atoms with van der Waals surface area (Å²) >= 11 is 0. The molecule has 0 fully saturated rings. The van der Waals surface area contributed by atoms with Crippen LogP contribution in [0.1, 0.15) is 12.5 Å². The van der Waals surface area contributed by atoms with E-state index in [9.17, 15) is 4.79 Å². The Morgan fingerprint density at radius 2 is 1.75 bits per heavy atom. The van der Waals surface area contributed by atoms with E-state index in [1.807, 2.05) is 24.3 Å². The van der Waals surface area contributed by atoms with E-state index in [2.05, 4.69) is 10.5 Å². The number of ether oxygens (including phenoxy) is 3. The molecule has 0 aromatic heterocycles. The standard InChI is InChI=1S/C18H20N2O4/c1-13(14-9-10-16(22-2)17(11-14)23-3)19-20-18(21)12-24-15-7-5-4-6-8-15/h4-11H,12H2,1-3H3,(H,20,21)/b19-13+. The Labute approximate surface area is 141 Å². The molecule has 1 amide bonds. The molecule has 0 spiro atoms. The molecule has 0 aliphatic heterocycles. The van der Waals surface area contributed by atoms with Crippen molar-refractivity contribution in [2.45, 2.75) is 6.92 Å². The van der Waals surface area contributed by atoms with Crippen LogP contribution in [0, 0.1) is 0 Å². The lowest BCUT2D eigenvalue weighted by atomic mass is 10.1. The molecule has 0 saturated heterocycles. The summed E-state index contributed by atoms with van der Waals surface area (Å²) in [6.07, 6.45) is 0. The molecule has 2 rings (SSSR count). The van der Waals surface area contributed by atoms with Crippen molar-refractivity contribution in [1.29, 1.82) is 0 Å². The third-order valence-corrected chi connectivity index (χ3v) is 3.26. The van der Waals surface area contributed by atoms with Crippen molar-refractivity contribution < 1.29 is 19.0 Å². The predicted molar refractivity (Wildman–Crippen MR) is 91.8 cm³/mol. The number of carbonyl (C=O) groups excluding carboxylic acids is 1. The maximum atomic E-state index is 11.8. The molecule has 2 aromatic carbocycles. The number of hydrogen-bond donors (Lipinski definition) is 1. The Hall–Kier alpha value is -3.02. The molecule has 0 unspecified atom stereocenters. The molecule has 0 saturated carbocycles. The summed E-state index contributed by atoms with van der Waals surface area (Å²) in [4.78, 5) is 11.8. The molecule has 126 valence electrons. The fourth-order valence-electron chi connectivity index (χ4n) is 1.97. The van der Waals surface area contributed by atoms with Gasteiger partial charge in [0.2, 0.25) is 0 Å². The van der Waals surface area contributed by atoms with E-state index in [0.717, 1.165) is 5.56 Å². The number of benzene rings is 2. The van der Waals surface area contributed by atoms with Gasteiger partial charge in [0.05, 0.1) is 19.9 Å². The van der Waals surface area contributed by atoms with Crippen molar-refractivity contribution in [3.05, 3.63) is 54.1 Å². The Bertz CT molecular complexity index is 714. The molecule has 6 nitrogen and oxygen atoms in total. The van der Waals surface area contributed by atoms with Gasteiger partial charge in [-0.2, -0.15) is 5.10 Å². The van der Waals surface area contributed by atoms with Crippen LogP contribution >= 0.6 is 0 Å². The van der Waals surface area contributed by atoms with Crippen molar-refractivity contribution in [3.8, 4) is 17.2 Å². The fraction of sp³-hybridized carbons (Fsp3) is 0.222. The van der Waals surface area contributed by atoms with Gasteiger partial charge >= 0.3 is 0 Å². The molecule has 24 heavy (non-hydrogen) atoms. The first-order chi connectivity index (χ1) is 11.6. The van der Waals surface area contributed by atoms with Crippen LogP contribution in [-0.2, 0) is 4.79 Å². The smallest absolute Gasteiger partial charge is 0.277 e. The second-order valence-corrected chi connectivity index (χ2v) is 4.90. The number of hydrogen-bond acceptors (Lipinski definition) is 5. The lowest BCUT2D eigenvalue weighted by molar-refractivity contribution is -0.123. The monoisotopic (exact) mass is 328 g/mol. The topological polar surface area (TPSA) is 69.2 Å². The zero-order valence-corrected chi connectivity index (χ0v) is 13.9. The molecule has 0 heterocycles. The third kappa shape index (κ3) is 4.74. The van der Waals surface area contributed by atoms with Gasteiger partial charge in [0.25, 0.3) is 5.91 Å². The number of amides is 1. The van der Waals surface area contributed by atoms with E-state index < -0.39 is 0 Å². The predicted octanol–water partition coefficient (Wildman–Crippen LogP) is 2.62. The maximum Gasteiger partial charge on any atom is 0.277 e. The summed E-state index contributed by atoms with van der Waals surface area (Å²) < 4.78 is 15.8. The minimum absolute atomic E-state index is 0.104. The van der Waals surface area contributed by atoms with Crippen molar-refractivity contribution in [1.82, 2.24) is 5.43 Å². The Morgan fingerprint density at radius 3 is 2.42 bits per heavy atom. The summed E-state index contributed by atoms with van der Waals surface area (Å²) in [5, 5.41) is 4.08. The second kappa shape index (κ2) is 8.57. The largest absolute Gasteiger partial charge is 0.493 e. The Balaban J connectivity index is 1.94. The van der Waals surface area contributed by atoms with Crippen LogP contribution in [0.15, 0.2) is 53.6 Å². The SMILES string of the molecule is COc1ccc(/C(C)=N/NC(=O)COc2ccccc2)cc1OC. The van der Waals surface area contributed by atoms with E-state index in [-0.39, 0.29) is 12.5 Å². The van der Waals surface area contributed by atoms with E-state index in [4.69, 9.17) is 14.2 Å². The van der Waals surface area contributed by atoms with Gasteiger partial charge in [-0.25, -0.2) is 5.43 Å². The van der Waals surface area contributed by atoms with Crippen LogP contribution in [0.25, 0.3) is 0 Å². The molecule has 0 radical (unpaired) electrons. The maximum absolute atomic E-state index is 11.8. The fourth-order valence-corrected chi connectivity index (χ4v) is 1.97. The van der Waals surface area contributed by atoms with Crippen LogP contribution < -0.4 is 19.6 Å². The minimum atomic E-state index is -0.335. The van der Waals surface area contributed by atoms with Gasteiger partial charge in [-0.15, -0.1) is 0 Å². The molecule has 6 heteroatoms. The van der Waals surface area contributed by atoms with Gasteiger partial charge in [0.1, 0.15) is 5.75 Å². The number of para-hydroxylation sites is 1. The average molecular weight is 328 g/mol. The molecule has 0 bridgehead atoms.